The summed E-state index contributed by atoms with van der Waals surface area (Å²) in [4.78, 5) is 37.2. The second kappa shape index (κ2) is 11.4. The highest BCUT2D eigenvalue weighted by atomic mass is 32.2. The van der Waals surface area contributed by atoms with Crippen molar-refractivity contribution in [3.8, 4) is 5.75 Å². The highest BCUT2D eigenvalue weighted by molar-refractivity contribution is 8.16. The van der Waals surface area contributed by atoms with E-state index in [-0.39, 0.29) is 12.3 Å². The van der Waals surface area contributed by atoms with Crippen molar-refractivity contribution >= 4 is 28.8 Å². The van der Waals surface area contributed by atoms with Crippen LogP contribution >= 0.6 is 11.8 Å². The fraction of sp³-hybridized carbons (Fsp3) is 0.345. The van der Waals surface area contributed by atoms with Crippen LogP contribution in [0.1, 0.15) is 30.5 Å². The van der Waals surface area contributed by atoms with Gasteiger partial charge in [-0.1, -0.05) is 54.2 Å². The second-order valence-electron chi connectivity index (χ2n) is 9.59. The number of thioether (sulfide) groups is 1. The van der Waals surface area contributed by atoms with Gasteiger partial charge in [-0.2, -0.15) is 0 Å². The number of benzene rings is 2. The summed E-state index contributed by atoms with van der Waals surface area (Å²) in [5, 5.41) is 2.72. The molecule has 2 aromatic rings. The zero-order chi connectivity index (χ0) is 26.6. The fourth-order valence-corrected chi connectivity index (χ4v) is 5.86. The number of methoxy groups -OCH3 is 1. The number of hydrogen-bond acceptors (Lipinski definition) is 8. The van der Waals surface area contributed by atoms with Gasteiger partial charge >= 0.3 is 5.97 Å². The number of piperazine rings is 1. The molecule has 198 valence electrons. The largest absolute Gasteiger partial charge is 0.489 e. The summed E-state index contributed by atoms with van der Waals surface area (Å²) in [5.41, 5.74) is 3.82. The smallest absolute Gasteiger partial charge is 0.338 e. The zero-order valence-corrected chi connectivity index (χ0v) is 22.7. The van der Waals surface area contributed by atoms with Gasteiger partial charge in [-0.25, -0.2) is 9.79 Å². The molecule has 3 aliphatic heterocycles. The molecular formula is C29H32N4O4S. The minimum Gasteiger partial charge on any atom is -0.489 e. The fourth-order valence-electron chi connectivity index (χ4n) is 4.89. The van der Waals surface area contributed by atoms with Crippen LogP contribution in [0.4, 0.5) is 0 Å². The number of nitrogens with zero attached hydrogens (tertiary/aromatic N) is 4. The van der Waals surface area contributed by atoms with Gasteiger partial charge in [0.15, 0.2) is 5.17 Å². The molecule has 0 aliphatic carbocycles. The molecule has 1 atom stereocenters. The Morgan fingerprint density at radius 1 is 1.05 bits per heavy atom. The molecule has 0 unspecified atom stereocenters. The van der Waals surface area contributed by atoms with Gasteiger partial charge in [0.25, 0.3) is 0 Å². The summed E-state index contributed by atoms with van der Waals surface area (Å²) >= 11 is 1.48. The summed E-state index contributed by atoms with van der Waals surface area (Å²) in [6, 6.07) is 17.2. The van der Waals surface area contributed by atoms with E-state index in [1.807, 2.05) is 76.7 Å². The van der Waals surface area contributed by atoms with Crippen molar-refractivity contribution in [3.63, 3.8) is 0 Å². The van der Waals surface area contributed by atoms with E-state index in [4.69, 9.17) is 14.5 Å². The molecule has 38 heavy (non-hydrogen) atoms. The third kappa shape index (κ3) is 5.49. The number of rotatable bonds is 7. The van der Waals surface area contributed by atoms with Gasteiger partial charge in [0.2, 0.25) is 5.91 Å². The SMILES string of the molecule is COC(=O)C1=C(C)N=C2SC=C(CC(=O)N3CCN(C)CC3)N2[C@@H]1c1cccc(OCc2ccccc2)c1. The Hall–Kier alpha value is -3.56. The predicted octanol–water partition coefficient (Wildman–Crippen LogP) is 4.18. The molecule has 0 saturated carbocycles. The van der Waals surface area contributed by atoms with Crippen molar-refractivity contribution in [2.45, 2.75) is 26.0 Å². The number of allylic oxidation sites excluding steroid dienone is 1. The zero-order valence-electron chi connectivity index (χ0n) is 21.9. The van der Waals surface area contributed by atoms with Crippen LogP contribution in [-0.2, 0) is 20.9 Å². The molecule has 0 spiro atoms. The van der Waals surface area contributed by atoms with Crippen molar-refractivity contribution in [2.24, 2.45) is 4.99 Å². The number of likely N-dealkylation sites (N-methyl/N-ethyl adjacent to an activating group) is 1. The molecule has 1 amide bonds. The molecule has 1 saturated heterocycles. The van der Waals surface area contributed by atoms with Crippen LogP contribution in [0.25, 0.3) is 0 Å². The lowest BCUT2D eigenvalue weighted by atomic mass is 9.93. The van der Waals surface area contributed by atoms with E-state index in [1.165, 1.54) is 18.9 Å². The minimum atomic E-state index is -0.489. The quantitative estimate of drug-likeness (QED) is 0.496. The van der Waals surface area contributed by atoms with E-state index in [1.54, 1.807) is 0 Å². The van der Waals surface area contributed by atoms with Crippen LogP contribution in [0, 0.1) is 0 Å². The monoisotopic (exact) mass is 532 g/mol. The number of aliphatic imine (C=N–C) groups is 1. The predicted molar refractivity (Wildman–Crippen MR) is 148 cm³/mol. The van der Waals surface area contributed by atoms with Crippen LogP contribution in [0.3, 0.4) is 0 Å². The normalized spacial score (nSPS) is 19.6. The Labute approximate surface area is 227 Å². The summed E-state index contributed by atoms with van der Waals surface area (Å²) < 4.78 is 11.3. The molecule has 0 aromatic heterocycles. The molecular weight excluding hydrogens is 500 g/mol. The topological polar surface area (TPSA) is 74.7 Å². The van der Waals surface area contributed by atoms with Crippen molar-refractivity contribution in [3.05, 3.63) is 88.1 Å². The molecule has 1 fully saturated rings. The second-order valence-corrected chi connectivity index (χ2v) is 10.4. The van der Waals surface area contributed by atoms with Crippen LogP contribution in [0.2, 0.25) is 0 Å². The Bertz CT molecular complexity index is 1300. The highest BCUT2D eigenvalue weighted by Gasteiger charge is 2.41. The van der Waals surface area contributed by atoms with E-state index in [0.717, 1.165) is 35.1 Å². The lowest BCUT2D eigenvalue weighted by Crippen LogP contribution is -2.47. The molecule has 5 rings (SSSR count). The average Bonchev–Trinajstić information content (AvgIpc) is 3.33. The van der Waals surface area contributed by atoms with Gasteiger partial charge in [0.1, 0.15) is 12.4 Å². The van der Waals surface area contributed by atoms with Gasteiger partial charge in [-0.3, -0.25) is 4.79 Å². The third-order valence-corrected chi connectivity index (χ3v) is 7.91. The Morgan fingerprint density at radius 3 is 2.55 bits per heavy atom. The number of carbonyl (C=O) groups excluding carboxylic acids is 2. The van der Waals surface area contributed by atoms with Crippen LogP contribution in [0.15, 0.2) is 82.0 Å². The molecule has 3 heterocycles. The maximum Gasteiger partial charge on any atom is 0.338 e. The third-order valence-electron chi connectivity index (χ3n) is 7.02. The van der Waals surface area contributed by atoms with Crippen LogP contribution in [-0.4, -0.2) is 72.1 Å². The Balaban J connectivity index is 1.43. The standard InChI is InChI=1S/C29H32N4O4S/c1-20-26(28(35)36-3)27(22-10-7-11-24(16-22)37-18-21-8-5-4-6-9-21)33-23(19-38-29(33)30-20)17-25(34)32-14-12-31(2)13-15-32/h4-11,16,19,27H,12-15,17-18H2,1-3H3/t27-/m1/s1. The maximum atomic E-state index is 13.3. The number of amidine groups is 1. The van der Waals surface area contributed by atoms with Crippen LogP contribution in [0.5, 0.6) is 5.75 Å². The molecule has 0 bridgehead atoms. The molecule has 9 heteroatoms. The van der Waals surface area contributed by atoms with E-state index in [9.17, 15) is 9.59 Å². The number of carbonyl (C=O) groups is 2. The molecule has 8 nitrogen and oxygen atoms in total. The van der Waals surface area contributed by atoms with Gasteiger partial charge in [0, 0.05) is 31.9 Å². The number of fused-ring (bicyclic) bond motifs is 1. The lowest BCUT2D eigenvalue weighted by Gasteiger charge is -2.37. The average molecular weight is 533 g/mol. The maximum absolute atomic E-state index is 13.3. The Morgan fingerprint density at radius 2 is 1.82 bits per heavy atom. The van der Waals surface area contributed by atoms with Crippen molar-refractivity contribution in [1.82, 2.24) is 14.7 Å². The highest BCUT2D eigenvalue weighted by Crippen LogP contribution is 2.45. The van der Waals surface area contributed by atoms with E-state index in [0.29, 0.717) is 36.7 Å². The first kappa shape index (κ1) is 26.1. The van der Waals surface area contributed by atoms with Gasteiger partial charge in [-0.05, 0) is 42.6 Å². The number of hydrogen-bond donors (Lipinski definition) is 0. The number of amides is 1. The minimum absolute atomic E-state index is 0.0794. The number of esters is 1. The van der Waals surface area contributed by atoms with Crippen molar-refractivity contribution in [1.29, 1.82) is 0 Å². The molecule has 0 N–H and O–H groups in total. The van der Waals surface area contributed by atoms with Crippen LogP contribution < -0.4 is 4.74 Å². The van der Waals surface area contributed by atoms with E-state index < -0.39 is 12.0 Å². The lowest BCUT2D eigenvalue weighted by molar-refractivity contribution is -0.136. The first-order valence-electron chi connectivity index (χ1n) is 12.7. The summed E-state index contributed by atoms with van der Waals surface area (Å²) in [6.07, 6.45) is 0.240. The first-order valence-corrected chi connectivity index (χ1v) is 13.6. The number of ether oxygens (including phenoxy) is 2. The first-order chi connectivity index (χ1) is 18.4. The van der Waals surface area contributed by atoms with Crippen molar-refractivity contribution < 1.29 is 19.1 Å². The van der Waals surface area contributed by atoms with Gasteiger partial charge in [0.05, 0.1) is 30.8 Å². The van der Waals surface area contributed by atoms with E-state index >= 15 is 0 Å². The molecule has 0 radical (unpaired) electrons. The summed E-state index contributed by atoms with van der Waals surface area (Å²) in [6.45, 7) is 5.42. The summed E-state index contributed by atoms with van der Waals surface area (Å²) in [7, 11) is 3.45. The molecule has 2 aromatic carbocycles. The summed E-state index contributed by atoms with van der Waals surface area (Å²) in [5.74, 6) is 0.339. The van der Waals surface area contributed by atoms with E-state index in [2.05, 4.69) is 11.9 Å². The van der Waals surface area contributed by atoms with Gasteiger partial charge in [-0.15, -0.1) is 0 Å². The Kier molecular flexibility index (Phi) is 7.85. The molecule has 3 aliphatic rings. The van der Waals surface area contributed by atoms with Gasteiger partial charge < -0.3 is 24.2 Å². The van der Waals surface area contributed by atoms with Crippen molar-refractivity contribution in [2.75, 3.05) is 40.3 Å².